The molecule has 0 bridgehead atoms. The molecule has 0 heterocycles. The van der Waals surface area contributed by atoms with Crippen LogP contribution in [0.2, 0.25) is 0 Å². The topological polar surface area (TPSA) is 237 Å². The maximum Gasteiger partial charge on any atom is 0.472 e. The zero-order valence-corrected chi connectivity index (χ0v) is 52.4. The molecule has 3 N–H and O–H groups in total. The molecule has 0 saturated carbocycles. The first-order chi connectivity index (χ1) is 37.9. The van der Waals surface area contributed by atoms with Crippen molar-refractivity contribution >= 4 is 39.5 Å². The zero-order valence-electron chi connectivity index (χ0n) is 50.7. The number of aliphatic hydroxyl groups excluding tert-OH is 1. The smallest absolute Gasteiger partial charge is 0.462 e. The number of hydrogen-bond acceptors (Lipinski definition) is 15. The molecule has 4 unspecified atom stereocenters. The second kappa shape index (κ2) is 52.8. The third-order valence-corrected chi connectivity index (χ3v) is 16.3. The SMILES string of the molecule is CCCCCCCCCCCCCC(=O)O[C@H](COC(=O)CCCCCCCCC(C)CC)COP(=O)(O)OC[C@@H](O)COP(=O)(O)OC[C@@H](COC(=O)CCCCCCCCCC)OC(=O)CCCCCCCCC(C)CC. The minimum atomic E-state index is -4.94. The average molecular weight is 1170 g/mol. The van der Waals surface area contributed by atoms with E-state index < -0.39 is 97.5 Å². The van der Waals surface area contributed by atoms with Gasteiger partial charge in [-0.15, -0.1) is 0 Å². The van der Waals surface area contributed by atoms with E-state index in [1.807, 2.05) is 0 Å². The fourth-order valence-electron chi connectivity index (χ4n) is 8.76. The van der Waals surface area contributed by atoms with E-state index in [0.29, 0.717) is 25.7 Å². The molecule has 0 amide bonds. The van der Waals surface area contributed by atoms with Crippen molar-refractivity contribution in [1.29, 1.82) is 0 Å². The number of rotatable bonds is 59. The minimum absolute atomic E-state index is 0.102. The number of phosphoric acid groups is 2. The molecule has 0 aliphatic carbocycles. The van der Waals surface area contributed by atoms with Gasteiger partial charge in [0, 0.05) is 25.7 Å². The van der Waals surface area contributed by atoms with Crippen molar-refractivity contribution < 1.29 is 80.2 Å². The number of carbonyl (C=O) groups excluding carboxylic acids is 4. The van der Waals surface area contributed by atoms with Gasteiger partial charge in [-0.3, -0.25) is 37.3 Å². The van der Waals surface area contributed by atoms with Gasteiger partial charge in [0.1, 0.15) is 19.3 Å². The Morgan fingerprint density at radius 3 is 0.899 bits per heavy atom. The van der Waals surface area contributed by atoms with Crippen LogP contribution in [0, 0.1) is 11.8 Å². The lowest BCUT2D eigenvalue weighted by Gasteiger charge is -2.21. The van der Waals surface area contributed by atoms with Crippen LogP contribution in [0.5, 0.6) is 0 Å². The molecule has 79 heavy (non-hydrogen) atoms. The summed E-state index contributed by atoms with van der Waals surface area (Å²) in [6.45, 7) is 9.34. The lowest BCUT2D eigenvalue weighted by Crippen LogP contribution is -2.30. The Kier molecular flexibility index (Phi) is 51.5. The van der Waals surface area contributed by atoms with Crippen molar-refractivity contribution in [2.24, 2.45) is 11.8 Å². The Hall–Kier alpha value is -1.94. The van der Waals surface area contributed by atoms with Gasteiger partial charge in [-0.2, -0.15) is 0 Å². The Labute approximate surface area is 479 Å². The fraction of sp³-hybridized carbons (Fsp3) is 0.933. The monoisotopic (exact) mass is 1170 g/mol. The van der Waals surface area contributed by atoms with E-state index in [9.17, 15) is 43.2 Å². The molecule has 0 saturated heterocycles. The van der Waals surface area contributed by atoms with Gasteiger partial charge in [0.25, 0.3) is 0 Å². The van der Waals surface area contributed by atoms with E-state index in [1.54, 1.807) is 0 Å². The fourth-order valence-corrected chi connectivity index (χ4v) is 10.3. The number of hydrogen-bond donors (Lipinski definition) is 3. The Balaban J connectivity index is 5.24. The molecule has 19 heteroatoms. The molecule has 0 spiro atoms. The molecular weight excluding hydrogens is 1050 g/mol. The van der Waals surface area contributed by atoms with Gasteiger partial charge in [-0.05, 0) is 37.5 Å². The lowest BCUT2D eigenvalue weighted by atomic mass is 10.00. The van der Waals surface area contributed by atoms with Crippen LogP contribution in [0.3, 0.4) is 0 Å². The zero-order chi connectivity index (χ0) is 58.7. The maximum absolute atomic E-state index is 12.9. The Bertz CT molecular complexity index is 1570. The predicted octanol–water partition coefficient (Wildman–Crippen LogP) is 16.1. The summed E-state index contributed by atoms with van der Waals surface area (Å²) in [6, 6.07) is 0. The summed E-state index contributed by atoms with van der Waals surface area (Å²) < 4.78 is 67.7. The Morgan fingerprint density at radius 1 is 0.354 bits per heavy atom. The van der Waals surface area contributed by atoms with Crippen molar-refractivity contribution in [3.63, 3.8) is 0 Å². The van der Waals surface area contributed by atoms with E-state index in [1.165, 1.54) is 96.3 Å². The van der Waals surface area contributed by atoms with Crippen LogP contribution in [0.1, 0.15) is 292 Å². The molecule has 7 atom stereocenters. The van der Waals surface area contributed by atoms with Crippen molar-refractivity contribution in [1.82, 2.24) is 0 Å². The summed E-state index contributed by atoms with van der Waals surface area (Å²) in [7, 11) is -9.88. The van der Waals surface area contributed by atoms with E-state index >= 15 is 0 Å². The van der Waals surface area contributed by atoms with Gasteiger partial charge in [-0.25, -0.2) is 9.13 Å². The molecule has 0 aromatic rings. The quantitative estimate of drug-likeness (QED) is 0.0222. The molecule has 0 aliphatic heterocycles. The first-order valence-corrected chi connectivity index (χ1v) is 34.6. The standard InChI is InChI=1S/C60H116O17P2/c1-7-11-13-15-17-19-20-21-23-32-38-44-59(64)76-55(49-71-58(63)43-37-31-26-24-28-34-40-52(5)9-3)50-74-78(66,67)72-46-54(61)47-73-79(68,69)75-51-56(48-70-57(62)42-36-30-22-18-16-14-12-8-2)77-60(65)45-39-33-27-25-29-35-41-53(6)10-4/h52-56,61H,7-51H2,1-6H3,(H,66,67)(H,68,69)/t52?,53?,54-,55-,56-/m1/s1. The molecular formula is C60H116O17P2. The highest BCUT2D eigenvalue weighted by molar-refractivity contribution is 7.47. The summed E-state index contributed by atoms with van der Waals surface area (Å²) in [6.07, 6.45) is 33.5. The van der Waals surface area contributed by atoms with Gasteiger partial charge in [0.05, 0.1) is 26.4 Å². The van der Waals surface area contributed by atoms with E-state index in [-0.39, 0.29) is 25.7 Å². The highest BCUT2D eigenvalue weighted by Gasteiger charge is 2.30. The first kappa shape index (κ1) is 77.1. The number of esters is 4. The number of aliphatic hydroxyl groups is 1. The van der Waals surface area contributed by atoms with E-state index in [0.717, 1.165) is 115 Å². The summed E-state index contributed by atoms with van der Waals surface area (Å²) in [5.74, 6) is -0.693. The lowest BCUT2D eigenvalue weighted by molar-refractivity contribution is -0.161. The van der Waals surface area contributed by atoms with E-state index in [4.69, 9.17) is 37.0 Å². The molecule has 17 nitrogen and oxygen atoms in total. The van der Waals surface area contributed by atoms with Gasteiger partial charge < -0.3 is 33.8 Å². The third kappa shape index (κ3) is 52.6. The maximum atomic E-state index is 12.9. The van der Waals surface area contributed by atoms with Gasteiger partial charge in [0.15, 0.2) is 12.2 Å². The number of phosphoric ester groups is 2. The summed E-state index contributed by atoms with van der Waals surface area (Å²) in [4.78, 5) is 71.9. The van der Waals surface area contributed by atoms with Crippen LogP contribution in [0.25, 0.3) is 0 Å². The van der Waals surface area contributed by atoms with Crippen molar-refractivity contribution in [2.75, 3.05) is 39.6 Å². The van der Waals surface area contributed by atoms with E-state index in [2.05, 4.69) is 41.5 Å². The molecule has 0 aromatic carbocycles. The number of unbranched alkanes of at least 4 members (excludes halogenated alkanes) is 27. The third-order valence-electron chi connectivity index (χ3n) is 14.4. The predicted molar refractivity (Wildman–Crippen MR) is 312 cm³/mol. The Morgan fingerprint density at radius 2 is 0.608 bits per heavy atom. The molecule has 0 aliphatic rings. The molecule has 468 valence electrons. The van der Waals surface area contributed by atoms with Gasteiger partial charge >= 0.3 is 39.5 Å². The van der Waals surface area contributed by atoms with Crippen LogP contribution in [-0.4, -0.2) is 96.7 Å². The largest absolute Gasteiger partial charge is 0.472 e. The van der Waals surface area contributed by atoms with Crippen LogP contribution in [0.15, 0.2) is 0 Å². The number of carbonyl (C=O) groups is 4. The summed E-state index contributed by atoms with van der Waals surface area (Å²) >= 11 is 0. The average Bonchev–Trinajstić information content (AvgIpc) is 3.42. The minimum Gasteiger partial charge on any atom is -0.462 e. The van der Waals surface area contributed by atoms with Crippen molar-refractivity contribution in [2.45, 2.75) is 310 Å². The van der Waals surface area contributed by atoms with Crippen LogP contribution in [-0.2, 0) is 65.4 Å². The summed E-state index contributed by atoms with van der Waals surface area (Å²) in [5.41, 5.74) is 0. The first-order valence-electron chi connectivity index (χ1n) is 31.6. The van der Waals surface area contributed by atoms with Crippen molar-refractivity contribution in [3.8, 4) is 0 Å². The number of ether oxygens (including phenoxy) is 4. The highest BCUT2D eigenvalue weighted by Crippen LogP contribution is 2.45. The van der Waals surface area contributed by atoms with Crippen LogP contribution in [0.4, 0.5) is 0 Å². The summed E-state index contributed by atoms with van der Waals surface area (Å²) in [5, 5.41) is 10.5. The van der Waals surface area contributed by atoms with Gasteiger partial charge in [-0.1, -0.05) is 241 Å². The normalized spacial score (nSPS) is 15.1. The van der Waals surface area contributed by atoms with Crippen molar-refractivity contribution in [3.05, 3.63) is 0 Å². The molecule has 0 fully saturated rings. The highest BCUT2D eigenvalue weighted by atomic mass is 31.2. The second-order valence-corrected chi connectivity index (χ2v) is 25.1. The van der Waals surface area contributed by atoms with Crippen LogP contribution < -0.4 is 0 Å². The second-order valence-electron chi connectivity index (χ2n) is 22.2. The molecule has 0 aromatic heterocycles. The van der Waals surface area contributed by atoms with Crippen LogP contribution >= 0.6 is 15.6 Å². The molecule has 0 radical (unpaired) electrons. The van der Waals surface area contributed by atoms with Gasteiger partial charge in [0.2, 0.25) is 0 Å². The molecule has 0 rings (SSSR count).